The molecule has 12 heavy (non-hydrogen) atoms. The van der Waals surface area contributed by atoms with Gasteiger partial charge in [-0.15, -0.1) is 0 Å². The number of carbonyl (C=O) groups is 1. The topological polar surface area (TPSA) is 50.8 Å². The first-order valence-electron chi connectivity index (χ1n) is 3.89. The number of nitrogens with one attached hydrogen (secondary N) is 1. The second-order valence-electron chi connectivity index (χ2n) is 2.58. The molecule has 0 aromatic heterocycles. The third-order valence-electron chi connectivity index (χ3n) is 1.79. The number of likely N-dealkylation sites (N-methyl/N-ethyl adjacent to an activating group) is 1. The van der Waals surface area contributed by atoms with Crippen molar-refractivity contribution in [2.24, 2.45) is 0 Å². The van der Waals surface area contributed by atoms with Crippen LogP contribution in [-0.2, 0) is 14.4 Å². The molecule has 0 bridgehead atoms. The smallest absolute Gasteiger partial charge is 0.276 e. The predicted octanol–water partition coefficient (Wildman–Crippen LogP) is -1.01. The van der Waals surface area contributed by atoms with Gasteiger partial charge in [-0.3, -0.25) is 9.63 Å². The van der Waals surface area contributed by atoms with Crippen molar-refractivity contribution < 1.29 is 14.4 Å². The van der Waals surface area contributed by atoms with Crippen molar-refractivity contribution in [1.82, 2.24) is 10.4 Å². The van der Waals surface area contributed by atoms with E-state index in [-0.39, 0.29) is 5.91 Å². The lowest BCUT2D eigenvalue weighted by Crippen LogP contribution is -2.48. The summed E-state index contributed by atoms with van der Waals surface area (Å²) in [6.07, 6.45) is -0.399. The van der Waals surface area contributed by atoms with Gasteiger partial charge in [0.25, 0.3) is 5.91 Å². The number of amides is 1. The number of hydrogen-bond acceptors (Lipinski definition) is 4. The highest BCUT2D eigenvalue weighted by Gasteiger charge is 2.24. The lowest BCUT2D eigenvalue weighted by atomic mass is 10.3. The molecule has 1 N–H and O–H groups in total. The lowest BCUT2D eigenvalue weighted by molar-refractivity contribution is -0.182. The summed E-state index contributed by atoms with van der Waals surface area (Å²) < 4.78 is 5.23. The predicted molar refractivity (Wildman–Crippen MR) is 42.4 cm³/mol. The SMILES string of the molecule is CON(C)C(=O)C1CNCCO1. The van der Waals surface area contributed by atoms with Gasteiger partial charge < -0.3 is 10.1 Å². The summed E-state index contributed by atoms with van der Waals surface area (Å²) in [5, 5.41) is 4.24. The molecule has 0 spiro atoms. The van der Waals surface area contributed by atoms with Gasteiger partial charge >= 0.3 is 0 Å². The Kier molecular flexibility index (Phi) is 3.46. The Balaban J connectivity index is 2.39. The number of hydrogen-bond donors (Lipinski definition) is 1. The van der Waals surface area contributed by atoms with Crippen LogP contribution in [0.4, 0.5) is 0 Å². The van der Waals surface area contributed by atoms with E-state index >= 15 is 0 Å². The first-order valence-corrected chi connectivity index (χ1v) is 3.89. The second kappa shape index (κ2) is 4.39. The van der Waals surface area contributed by atoms with Gasteiger partial charge in [0, 0.05) is 20.1 Å². The Hall–Kier alpha value is -0.650. The summed E-state index contributed by atoms with van der Waals surface area (Å²) in [6, 6.07) is 0. The normalized spacial score (nSPS) is 23.7. The zero-order valence-electron chi connectivity index (χ0n) is 7.37. The molecule has 70 valence electrons. The minimum Gasteiger partial charge on any atom is -0.366 e. The largest absolute Gasteiger partial charge is 0.366 e. The first-order chi connectivity index (χ1) is 5.75. The summed E-state index contributed by atoms with van der Waals surface area (Å²) in [7, 11) is 3.02. The number of morpholine rings is 1. The maximum Gasteiger partial charge on any atom is 0.276 e. The van der Waals surface area contributed by atoms with Crippen molar-refractivity contribution in [3.63, 3.8) is 0 Å². The molecular formula is C7H14N2O3. The zero-order valence-corrected chi connectivity index (χ0v) is 7.37. The summed E-state index contributed by atoms with van der Waals surface area (Å²) in [5.41, 5.74) is 0. The number of ether oxygens (including phenoxy) is 1. The molecule has 1 heterocycles. The average Bonchev–Trinajstić information content (AvgIpc) is 2.17. The van der Waals surface area contributed by atoms with Crippen LogP contribution in [0, 0.1) is 0 Å². The van der Waals surface area contributed by atoms with Gasteiger partial charge in [0.2, 0.25) is 0 Å². The van der Waals surface area contributed by atoms with Gasteiger partial charge in [-0.2, -0.15) is 0 Å². The fraction of sp³-hybridized carbons (Fsp3) is 0.857. The Morgan fingerprint density at radius 3 is 3.00 bits per heavy atom. The van der Waals surface area contributed by atoms with Crippen LogP contribution in [0.15, 0.2) is 0 Å². The van der Waals surface area contributed by atoms with Crippen molar-refractivity contribution in [1.29, 1.82) is 0 Å². The molecule has 1 aliphatic heterocycles. The standard InChI is InChI=1S/C7H14N2O3/c1-9(11-2)7(10)6-5-8-3-4-12-6/h6,8H,3-5H2,1-2H3. The highest BCUT2D eigenvalue weighted by atomic mass is 16.7. The summed E-state index contributed by atoms with van der Waals surface area (Å²) >= 11 is 0. The second-order valence-corrected chi connectivity index (χ2v) is 2.58. The molecule has 1 fully saturated rings. The van der Waals surface area contributed by atoms with Crippen LogP contribution in [0.3, 0.4) is 0 Å². The van der Waals surface area contributed by atoms with E-state index in [9.17, 15) is 4.79 Å². The molecule has 0 aromatic rings. The molecule has 0 aliphatic carbocycles. The molecule has 5 nitrogen and oxygen atoms in total. The fourth-order valence-electron chi connectivity index (χ4n) is 1.02. The van der Waals surface area contributed by atoms with Crippen LogP contribution in [0.1, 0.15) is 0 Å². The van der Waals surface area contributed by atoms with Crippen molar-refractivity contribution in [3.8, 4) is 0 Å². The summed E-state index contributed by atoms with van der Waals surface area (Å²) in [5.74, 6) is -0.148. The molecule has 1 aliphatic rings. The van der Waals surface area contributed by atoms with E-state index in [2.05, 4.69) is 5.32 Å². The first kappa shape index (κ1) is 9.44. The number of carbonyl (C=O) groups excluding carboxylic acids is 1. The van der Waals surface area contributed by atoms with Gasteiger partial charge in [0.15, 0.2) is 6.10 Å². The van der Waals surface area contributed by atoms with E-state index in [0.717, 1.165) is 6.54 Å². The highest BCUT2D eigenvalue weighted by molar-refractivity contribution is 5.80. The Morgan fingerprint density at radius 2 is 2.50 bits per heavy atom. The monoisotopic (exact) mass is 174 g/mol. The number of nitrogens with zero attached hydrogens (tertiary/aromatic N) is 1. The van der Waals surface area contributed by atoms with Crippen molar-refractivity contribution in [2.45, 2.75) is 6.10 Å². The van der Waals surface area contributed by atoms with E-state index in [1.165, 1.54) is 12.2 Å². The Bertz CT molecular complexity index is 157. The maximum absolute atomic E-state index is 11.4. The van der Waals surface area contributed by atoms with E-state index in [4.69, 9.17) is 9.57 Å². The zero-order chi connectivity index (χ0) is 8.97. The van der Waals surface area contributed by atoms with E-state index in [1.807, 2.05) is 0 Å². The van der Waals surface area contributed by atoms with E-state index in [0.29, 0.717) is 13.2 Å². The number of rotatable bonds is 2. The summed E-state index contributed by atoms with van der Waals surface area (Å²) in [6.45, 7) is 1.95. The molecule has 1 amide bonds. The molecule has 0 saturated carbocycles. The van der Waals surface area contributed by atoms with Gasteiger partial charge in [0.1, 0.15) is 0 Å². The minimum absolute atomic E-state index is 0.148. The van der Waals surface area contributed by atoms with Gasteiger partial charge in [-0.1, -0.05) is 0 Å². The molecule has 5 heteroatoms. The number of hydroxylamine groups is 2. The molecule has 0 aromatic carbocycles. The van der Waals surface area contributed by atoms with Gasteiger partial charge in [-0.25, -0.2) is 5.06 Å². The van der Waals surface area contributed by atoms with Crippen LogP contribution < -0.4 is 5.32 Å². The van der Waals surface area contributed by atoms with Crippen molar-refractivity contribution in [3.05, 3.63) is 0 Å². The quantitative estimate of drug-likeness (QED) is 0.545. The molecule has 1 unspecified atom stereocenters. The van der Waals surface area contributed by atoms with Crippen molar-refractivity contribution in [2.75, 3.05) is 33.9 Å². The molecule has 1 rings (SSSR count). The van der Waals surface area contributed by atoms with Crippen LogP contribution >= 0.6 is 0 Å². The van der Waals surface area contributed by atoms with Gasteiger partial charge in [0.05, 0.1) is 13.7 Å². The van der Waals surface area contributed by atoms with Gasteiger partial charge in [-0.05, 0) is 0 Å². The Labute approximate surface area is 71.6 Å². The highest BCUT2D eigenvalue weighted by Crippen LogP contribution is 2.00. The van der Waals surface area contributed by atoms with Crippen LogP contribution in [0.2, 0.25) is 0 Å². The fourth-order valence-corrected chi connectivity index (χ4v) is 1.02. The minimum atomic E-state index is -0.399. The molecule has 0 radical (unpaired) electrons. The van der Waals surface area contributed by atoms with Crippen LogP contribution in [-0.4, -0.2) is 50.9 Å². The average molecular weight is 174 g/mol. The van der Waals surface area contributed by atoms with Crippen LogP contribution in [0.5, 0.6) is 0 Å². The van der Waals surface area contributed by atoms with Crippen LogP contribution in [0.25, 0.3) is 0 Å². The van der Waals surface area contributed by atoms with E-state index < -0.39 is 6.10 Å². The maximum atomic E-state index is 11.4. The van der Waals surface area contributed by atoms with E-state index in [1.54, 1.807) is 7.05 Å². The summed E-state index contributed by atoms with van der Waals surface area (Å²) in [4.78, 5) is 16.1. The van der Waals surface area contributed by atoms with Crippen molar-refractivity contribution >= 4 is 5.91 Å². The lowest BCUT2D eigenvalue weighted by Gasteiger charge is -2.25. The Morgan fingerprint density at radius 1 is 1.75 bits per heavy atom. The molecular weight excluding hydrogens is 160 g/mol. The third kappa shape index (κ3) is 2.17. The third-order valence-corrected chi connectivity index (χ3v) is 1.79. The molecule has 1 atom stereocenters. The molecule has 1 saturated heterocycles.